The van der Waals surface area contributed by atoms with Gasteiger partial charge in [-0.25, -0.2) is 4.79 Å². The Hall–Kier alpha value is -14.0. The third-order valence-corrected chi connectivity index (χ3v) is 23.1. The van der Waals surface area contributed by atoms with Gasteiger partial charge in [-0.15, -0.1) is 0 Å². The lowest BCUT2D eigenvalue weighted by Gasteiger charge is -2.29. The van der Waals surface area contributed by atoms with Crippen LogP contribution in [0.2, 0.25) is 0 Å². The standard InChI is InChI=1S/C91H150N28O29S/c1-46(2)70(116-68(129)41-101-76(133)62(39-66(97)127)113-88(145)72(49(5)124)119-84(141)61(111-75(132)53(95)43-120)38-52-23-12-9-13-24-52)86(143)102-42-69(130)117-71(48(4)123)87(144)103-40-67(128)105-59(31-36-149-7)81(138)107-55(26-15-18-33-93)78(135)108-56(27-16-19-34-94)82(139)118-73(50(6)125)89(146)114-63(44-121)85(142)112-60(37-51-21-10-8-11-22-51)83(140)110-58(29-30-65(96)126)80(137)109-57(28-20-35-100-91(98)99)77(134)104-47(3)74(131)106-54(25-14-17-32-92)79(136)115-64(45-122)90(147)148/h8-13,21-24,46-50,53-64,70-73,120-125H,14-20,25-45,92-95H2,1-7H3,(H2,96,126)(H2,97,127)(H,101,133)(H,102,143)(H,103,144)(H,104,134)(H,105,128)(H,106,131)(H,107,138)(H,108,135)(H,109,137)(H,110,140)(H,111,132)(H,112,142)(H,113,145)(H,114,146)(H,115,136)(H,116,129)(H,117,130)(H,118,139)(H,119,141)(H,147,148)(H4,98,99,100)/t47-,48+,49+,50+,53-,54-,55-,56-,57-,58-,59-,60-,61-,62-,63-,64-,70-,71-,72-,73-/m0/s1. The highest BCUT2D eigenvalue weighted by Gasteiger charge is 2.41. The van der Waals surface area contributed by atoms with E-state index < -0.39 is 322 Å². The van der Waals surface area contributed by atoms with Crippen molar-refractivity contribution in [1.29, 1.82) is 5.41 Å². The number of primary amides is 2. The zero-order valence-electron chi connectivity index (χ0n) is 84.3. The molecule has 0 saturated heterocycles. The van der Waals surface area contributed by atoms with Gasteiger partial charge in [0.1, 0.15) is 103 Å². The number of rotatable bonds is 74. The maximum absolute atomic E-state index is 14.7. The van der Waals surface area contributed by atoms with Gasteiger partial charge in [-0.2, -0.15) is 11.8 Å². The van der Waals surface area contributed by atoms with Crippen molar-refractivity contribution in [2.45, 2.75) is 272 Å². The predicted molar refractivity (Wildman–Crippen MR) is 536 cm³/mol. The molecule has 0 aromatic heterocycles. The minimum absolute atomic E-state index is 0.00481. The van der Waals surface area contributed by atoms with Crippen molar-refractivity contribution in [3.05, 3.63) is 71.8 Å². The number of aliphatic hydroxyl groups excluding tert-OH is 6. The van der Waals surface area contributed by atoms with E-state index in [2.05, 4.69) is 106 Å². The molecule has 834 valence electrons. The number of thioether (sulfide) groups is 1. The minimum Gasteiger partial charge on any atom is -0.480 e. The molecule has 0 aliphatic heterocycles. The van der Waals surface area contributed by atoms with E-state index in [-0.39, 0.29) is 109 Å². The number of carboxylic acids is 1. The van der Waals surface area contributed by atoms with Gasteiger partial charge in [0.05, 0.1) is 64.2 Å². The number of hydrogen-bond donors (Lipinski definition) is 35. The summed E-state index contributed by atoms with van der Waals surface area (Å²) >= 11 is 1.24. The average molecular weight is 2130 g/mol. The molecule has 0 saturated carbocycles. The van der Waals surface area contributed by atoms with Gasteiger partial charge < -0.3 is 182 Å². The smallest absolute Gasteiger partial charge is 0.328 e. The third-order valence-electron chi connectivity index (χ3n) is 22.4. The molecule has 0 aliphatic carbocycles. The fourth-order valence-electron chi connectivity index (χ4n) is 14.0. The number of benzene rings is 2. The third kappa shape index (κ3) is 51.0. The van der Waals surface area contributed by atoms with E-state index in [1.54, 1.807) is 66.9 Å². The lowest BCUT2D eigenvalue weighted by molar-refractivity contribution is -0.143. The second-order valence-electron chi connectivity index (χ2n) is 35.3. The molecule has 21 amide bonds. The van der Waals surface area contributed by atoms with E-state index in [0.29, 0.717) is 24.0 Å². The van der Waals surface area contributed by atoms with Gasteiger partial charge in [-0.3, -0.25) is 106 Å². The van der Waals surface area contributed by atoms with E-state index in [1.807, 2.05) is 0 Å². The number of guanidine groups is 1. The van der Waals surface area contributed by atoms with Crippen LogP contribution in [0.5, 0.6) is 0 Å². The van der Waals surface area contributed by atoms with Crippen molar-refractivity contribution in [3.8, 4) is 0 Å². The summed E-state index contributed by atoms with van der Waals surface area (Å²) in [5.41, 5.74) is 40.1. The molecule has 0 bridgehead atoms. The first-order valence-electron chi connectivity index (χ1n) is 48.2. The Kier molecular flexibility index (Phi) is 62.3. The van der Waals surface area contributed by atoms with Gasteiger partial charge in [-0.05, 0) is 160 Å². The van der Waals surface area contributed by atoms with E-state index in [9.17, 15) is 141 Å². The second-order valence-corrected chi connectivity index (χ2v) is 36.3. The summed E-state index contributed by atoms with van der Waals surface area (Å²) < 4.78 is 0. The summed E-state index contributed by atoms with van der Waals surface area (Å²) in [5.74, 6) is -25.3. The van der Waals surface area contributed by atoms with Crippen molar-refractivity contribution in [2.24, 2.45) is 46.1 Å². The highest BCUT2D eigenvalue weighted by molar-refractivity contribution is 7.98. The lowest BCUT2D eigenvalue weighted by Crippen LogP contribution is -2.62. The number of nitrogens with one attached hydrogen (secondary N) is 21. The average Bonchev–Trinajstić information content (AvgIpc) is 0.851. The number of aliphatic hydroxyl groups is 6. The summed E-state index contributed by atoms with van der Waals surface area (Å²) in [6.07, 6.45) is -5.37. The first kappa shape index (κ1) is 131. The van der Waals surface area contributed by atoms with E-state index in [0.717, 1.165) is 20.8 Å². The van der Waals surface area contributed by atoms with Crippen LogP contribution in [0.25, 0.3) is 0 Å². The Balaban J connectivity index is 2.35. The van der Waals surface area contributed by atoms with E-state index >= 15 is 0 Å². The number of hydrogen-bond acceptors (Lipinski definition) is 34. The van der Waals surface area contributed by atoms with Crippen molar-refractivity contribution >= 4 is 148 Å². The fraction of sp³-hybridized carbons (Fsp3) is 0.615. The molecule has 0 fully saturated rings. The van der Waals surface area contributed by atoms with Crippen molar-refractivity contribution in [1.82, 2.24) is 106 Å². The van der Waals surface area contributed by atoms with Crippen molar-refractivity contribution < 1.29 is 141 Å². The van der Waals surface area contributed by atoms with E-state index in [1.165, 1.54) is 32.5 Å². The monoisotopic (exact) mass is 2130 g/mol. The largest absolute Gasteiger partial charge is 0.480 e. The summed E-state index contributed by atoms with van der Waals surface area (Å²) in [6.45, 7) is 2.02. The lowest BCUT2D eigenvalue weighted by atomic mass is 10.0. The first-order chi connectivity index (χ1) is 70.4. The van der Waals surface area contributed by atoms with Gasteiger partial charge in [-0.1, -0.05) is 74.5 Å². The highest BCUT2D eigenvalue weighted by Crippen LogP contribution is 2.15. The predicted octanol–water partition coefficient (Wildman–Crippen LogP) is -14.7. The van der Waals surface area contributed by atoms with Crippen LogP contribution in [-0.4, -0.2) is 370 Å². The molecule has 0 heterocycles. The Morgan fingerprint density at radius 1 is 0.329 bits per heavy atom. The summed E-state index contributed by atoms with van der Waals surface area (Å²) in [4.78, 5) is 300. The molecular weight excluding hydrogens is 1980 g/mol. The zero-order valence-corrected chi connectivity index (χ0v) is 85.1. The molecule has 0 spiro atoms. The summed E-state index contributed by atoms with van der Waals surface area (Å²) in [6, 6.07) is -12.1. The van der Waals surface area contributed by atoms with Crippen LogP contribution in [0.4, 0.5) is 0 Å². The molecule has 149 heavy (non-hydrogen) atoms. The van der Waals surface area contributed by atoms with Crippen LogP contribution >= 0.6 is 11.8 Å². The quantitative estimate of drug-likeness (QED) is 0.0166. The minimum atomic E-state index is -2.02. The Morgan fingerprint density at radius 2 is 0.658 bits per heavy atom. The van der Waals surface area contributed by atoms with Crippen LogP contribution in [0.3, 0.4) is 0 Å². The highest BCUT2D eigenvalue weighted by atomic mass is 32.2. The number of unbranched alkanes of at least 4 members (excludes halogenated alkanes) is 3. The Morgan fingerprint density at radius 3 is 1.05 bits per heavy atom. The van der Waals surface area contributed by atoms with E-state index in [4.69, 9.17) is 45.5 Å². The number of carbonyl (C=O) groups is 22. The van der Waals surface area contributed by atoms with Gasteiger partial charge in [0.2, 0.25) is 124 Å². The van der Waals surface area contributed by atoms with Crippen LogP contribution in [0, 0.1) is 11.3 Å². The molecule has 42 N–H and O–H groups in total. The van der Waals surface area contributed by atoms with Crippen LogP contribution < -0.4 is 146 Å². The number of nitrogens with two attached hydrogens (primary N) is 7. The number of carbonyl (C=O) groups excluding carboxylic acids is 21. The van der Waals surface area contributed by atoms with Gasteiger partial charge in [0.25, 0.3) is 0 Å². The van der Waals surface area contributed by atoms with Crippen LogP contribution in [0.1, 0.15) is 149 Å². The molecule has 0 unspecified atom stereocenters. The molecule has 0 radical (unpaired) electrons. The summed E-state index contributed by atoms with van der Waals surface area (Å²) in [5, 5.41) is 126. The fourth-order valence-corrected chi connectivity index (χ4v) is 14.5. The van der Waals surface area contributed by atoms with Crippen molar-refractivity contribution in [2.75, 3.05) is 77.6 Å². The molecule has 20 atom stereocenters. The Labute approximate surface area is 864 Å². The second kappa shape index (κ2) is 70.8. The molecule has 58 heteroatoms. The molecule has 2 rings (SSSR count). The maximum Gasteiger partial charge on any atom is 0.328 e. The number of amides is 21. The first-order valence-corrected chi connectivity index (χ1v) is 49.6. The molecular formula is C91H150N28O29S. The molecule has 0 aliphatic rings. The molecule has 57 nitrogen and oxygen atoms in total. The zero-order chi connectivity index (χ0) is 112. The topological polar surface area (TPSA) is 964 Å². The SMILES string of the molecule is CSCC[C@H](NC(=O)CNC(=O)[C@@H](NC(=O)CNC(=O)[C@@H](NC(=O)CNC(=O)[C@H](CC(N)=O)NC(=O)[C@@H](NC(=O)[C@H](Cc1ccccc1)NC(=O)[C@@H](N)CO)[C@@H](C)O)C(C)C)[C@@H](C)O)C(=O)N[C@@H](CCCCN)C(=O)N[C@@H](CCCCN)C(=O)N[C@H](C(=O)N[C@@H](CO)C(=O)N[C@@H](Cc1ccccc1)C(=O)N[C@@H](CCC(N)=O)C(=O)N[C@@H](CCCNC(=N)N)C(=O)N[C@@H](C)C(=O)N[C@@H](CCCCN)C(=O)N[C@@H](CO)C(=O)O)[C@@H](C)O. The Bertz CT molecular complexity index is 4750. The normalized spacial score (nSPS) is 15.1. The number of carboxylic acid groups (broad SMARTS) is 1. The van der Waals surface area contributed by atoms with Gasteiger partial charge >= 0.3 is 5.97 Å². The van der Waals surface area contributed by atoms with Crippen LogP contribution in [0.15, 0.2) is 60.7 Å². The number of aliphatic carboxylic acids is 1. The van der Waals surface area contributed by atoms with Gasteiger partial charge in [0, 0.05) is 25.8 Å². The summed E-state index contributed by atoms with van der Waals surface area (Å²) in [7, 11) is 0. The molecule has 2 aromatic carbocycles. The molecule has 2 aromatic rings. The maximum atomic E-state index is 14.7. The van der Waals surface area contributed by atoms with Gasteiger partial charge in [0.15, 0.2) is 5.96 Å². The van der Waals surface area contributed by atoms with Crippen LogP contribution in [-0.2, 0) is 118 Å². The van der Waals surface area contributed by atoms with Crippen molar-refractivity contribution in [3.63, 3.8) is 0 Å².